The Morgan fingerprint density at radius 1 is 1.20 bits per heavy atom. The van der Waals surface area contributed by atoms with E-state index >= 15 is 0 Å². The minimum Gasteiger partial charge on any atom is -0.219 e. The summed E-state index contributed by atoms with van der Waals surface area (Å²) in [6.07, 6.45) is -5.23. The van der Waals surface area contributed by atoms with Crippen LogP contribution in [0.4, 0.5) is 26.3 Å². The van der Waals surface area contributed by atoms with Crippen molar-refractivity contribution in [2.24, 2.45) is 10.6 Å². The summed E-state index contributed by atoms with van der Waals surface area (Å²) in [5, 5.41) is 4.78. The molecular formula is C16H14F6N4O2S2. The predicted molar refractivity (Wildman–Crippen MR) is 94.3 cm³/mol. The zero-order valence-corrected chi connectivity index (χ0v) is 16.6. The number of benzene rings is 1. The van der Waals surface area contributed by atoms with E-state index in [0.717, 1.165) is 16.4 Å². The zero-order chi connectivity index (χ0) is 22.1. The molecule has 30 heavy (non-hydrogen) atoms. The monoisotopic (exact) mass is 472 g/mol. The van der Waals surface area contributed by atoms with Crippen LogP contribution in [0.15, 0.2) is 18.2 Å². The third-order valence-electron chi connectivity index (χ3n) is 5.69. The van der Waals surface area contributed by atoms with Gasteiger partial charge in [0.25, 0.3) is 16.1 Å². The Bertz CT molecular complexity index is 1090. The van der Waals surface area contributed by atoms with Gasteiger partial charge in [-0.25, -0.2) is 23.3 Å². The largest absolute Gasteiger partial charge is 0.417 e. The van der Waals surface area contributed by atoms with Crippen LogP contribution in [0, 0.1) is 11.2 Å². The molecule has 2 N–H and O–H groups in total. The Labute approximate surface area is 171 Å². The molecule has 0 bridgehead atoms. The Morgan fingerprint density at radius 2 is 1.83 bits per heavy atom. The van der Waals surface area contributed by atoms with E-state index in [9.17, 15) is 34.8 Å². The Balaban J connectivity index is 1.63. The number of aromatic nitrogens is 2. The van der Waals surface area contributed by atoms with Gasteiger partial charge in [0.15, 0.2) is 5.82 Å². The van der Waals surface area contributed by atoms with E-state index in [0.29, 0.717) is 17.6 Å². The summed E-state index contributed by atoms with van der Waals surface area (Å²) in [6, 6.07) is 2.02. The maximum atomic E-state index is 14.7. The van der Waals surface area contributed by atoms with Crippen molar-refractivity contribution < 1.29 is 34.8 Å². The summed E-state index contributed by atoms with van der Waals surface area (Å²) >= 11 is 0.517. The molecule has 0 unspecified atom stereocenters. The van der Waals surface area contributed by atoms with E-state index in [4.69, 9.17) is 5.14 Å². The number of piperidine rings is 1. The highest BCUT2D eigenvalue weighted by molar-refractivity contribution is 7.86. The number of hydrogen-bond acceptors (Lipinski definition) is 5. The maximum absolute atomic E-state index is 14.7. The lowest BCUT2D eigenvalue weighted by atomic mass is 9.91. The lowest BCUT2D eigenvalue weighted by Gasteiger charge is -2.30. The van der Waals surface area contributed by atoms with Crippen molar-refractivity contribution in [3.05, 3.63) is 35.4 Å². The smallest absolute Gasteiger partial charge is 0.219 e. The molecule has 2 aliphatic rings. The van der Waals surface area contributed by atoms with Gasteiger partial charge in [0.1, 0.15) is 10.8 Å². The molecule has 1 spiro atoms. The molecule has 0 radical (unpaired) electrons. The van der Waals surface area contributed by atoms with Crippen LogP contribution < -0.4 is 5.14 Å². The van der Waals surface area contributed by atoms with Gasteiger partial charge in [-0.3, -0.25) is 0 Å². The van der Waals surface area contributed by atoms with Gasteiger partial charge in [0, 0.05) is 18.7 Å². The molecule has 14 heteroatoms. The van der Waals surface area contributed by atoms with Crippen molar-refractivity contribution in [1.29, 1.82) is 0 Å². The fraction of sp³-hybridized carbons (Fsp3) is 0.500. The van der Waals surface area contributed by atoms with Gasteiger partial charge in [-0.05, 0) is 42.6 Å². The first-order valence-corrected chi connectivity index (χ1v) is 10.9. The Hall–Kier alpha value is -1.77. The average Bonchev–Trinajstić information content (AvgIpc) is 2.95. The number of alkyl halides is 5. The summed E-state index contributed by atoms with van der Waals surface area (Å²) in [6.45, 7) is -0.393. The fourth-order valence-electron chi connectivity index (χ4n) is 4.08. The summed E-state index contributed by atoms with van der Waals surface area (Å²) < 4.78 is 110. The first-order valence-electron chi connectivity index (χ1n) is 8.64. The van der Waals surface area contributed by atoms with Crippen LogP contribution in [0.25, 0.3) is 10.6 Å². The molecule has 1 aliphatic heterocycles. The van der Waals surface area contributed by atoms with Crippen molar-refractivity contribution in [2.75, 3.05) is 13.1 Å². The number of halogens is 6. The number of hydrogen-bond donors (Lipinski definition) is 1. The topological polar surface area (TPSA) is 89.2 Å². The molecule has 1 saturated carbocycles. The Morgan fingerprint density at radius 3 is 2.40 bits per heavy atom. The van der Waals surface area contributed by atoms with E-state index < -0.39 is 50.6 Å². The molecule has 1 aromatic carbocycles. The van der Waals surface area contributed by atoms with Crippen LogP contribution in [0.1, 0.15) is 30.1 Å². The highest BCUT2D eigenvalue weighted by Gasteiger charge is 2.82. The first-order chi connectivity index (χ1) is 13.8. The second kappa shape index (κ2) is 6.61. The zero-order valence-electron chi connectivity index (χ0n) is 15.0. The van der Waals surface area contributed by atoms with E-state index in [1.165, 1.54) is 0 Å². The molecule has 1 atom stereocenters. The lowest BCUT2D eigenvalue weighted by Crippen LogP contribution is -2.43. The van der Waals surface area contributed by atoms with Gasteiger partial charge >= 0.3 is 6.18 Å². The predicted octanol–water partition coefficient (Wildman–Crippen LogP) is 3.38. The molecule has 2 fully saturated rings. The average molecular weight is 472 g/mol. The minimum absolute atomic E-state index is 0.181. The normalized spacial score (nSPS) is 23.6. The highest BCUT2D eigenvalue weighted by atomic mass is 32.2. The van der Waals surface area contributed by atoms with E-state index in [1.807, 2.05) is 0 Å². The number of nitrogens with zero attached hydrogens (tertiary/aromatic N) is 3. The van der Waals surface area contributed by atoms with Crippen molar-refractivity contribution in [3.8, 4) is 10.6 Å². The molecular weight excluding hydrogens is 458 g/mol. The highest BCUT2D eigenvalue weighted by Crippen LogP contribution is 2.75. The van der Waals surface area contributed by atoms with Gasteiger partial charge in [-0.15, -0.1) is 0 Å². The van der Waals surface area contributed by atoms with Crippen LogP contribution in [0.5, 0.6) is 0 Å². The number of nitrogens with two attached hydrogens (primary N) is 1. The first kappa shape index (κ1) is 21.5. The Kier molecular flexibility index (Phi) is 4.73. The number of rotatable bonds is 3. The molecule has 1 saturated heterocycles. The van der Waals surface area contributed by atoms with Crippen LogP contribution >= 0.6 is 11.5 Å². The van der Waals surface area contributed by atoms with Gasteiger partial charge in [-0.2, -0.15) is 30.3 Å². The van der Waals surface area contributed by atoms with E-state index in [-0.39, 0.29) is 36.8 Å². The second-order valence-corrected chi connectivity index (χ2v) is 9.60. The van der Waals surface area contributed by atoms with Crippen LogP contribution in [-0.2, 0) is 16.4 Å². The van der Waals surface area contributed by atoms with Gasteiger partial charge in [-0.1, -0.05) is 0 Å². The molecule has 0 amide bonds. The van der Waals surface area contributed by atoms with Crippen LogP contribution in [-0.4, -0.2) is 41.1 Å². The molecule has 2 heterocycles. The lowest BCUT2D eigenvalue weighted by molar-refractivity contribution is -0.137. The van der Waals surface area contributed by atoms with Gasteiger partial charge < -0.3 is 0 Å². The second-order valence-electron chi connectivity index (χ2n) is 7.30. The van der Waals surface area contributed by atoms with Crippen molar-refractivity contribution in [2.45, 2.75) is 30.9 Å². The molecule has 4 rings (SSSR count). The summed E-state index contributed by atoms with van der Waals surface area (Å²) in [5.41, 5.74) is -3.29. The SMILES string of the molecule is NS(=O)(=O)N1CCC2(CC1)[C@H](c1nsc(-c3ccc(F)cc3C(F)(F)F)n1)C2(F)F. The molecule has 2 aromatic rings. The van der Waals surface area contributed by atoms with Crippen LogP contribution in [0.3, 0.4) is 0 Å². The molecule has 1 aliphatic carbocycles. The quantitative estimate of drug-likeness (QED) is 0.694. The summed E-state index contributed by atoms with van der Waals surface area (Å²) in [5.74, 6) is -6.06. The standard InChI is InChI=1S/C16H14F6N4O2S2/c17-8-1-2-9(10(7-8)16(20,21)22)13-24-12(25-29-13)11-14(15(11,18)19)3-5-26(6-4-14)30(23,27)28/h1-2,7,11H,3-6H2,(H2,23,27,28)/t11-/m0/s1. The van der Waals surface area contributed by atoms with Gasteiger partial charge in [0.05, 0.1) is 16.9 Å². The minimum atomic E-state index is -4.87. The molecule has 1 aromatic heterocycles. The maximum Gasteiger partial charge on any atom is 0.417 e. The van der Waals surface area contributed by atoms with Crippen molar-refractivity contribution in [3.63, 3.8) is 0 Å². The van der Waals surface area contributed by atoms with E-state index in [2.05, 4.69) is 9.36 Å². The fourth-order valence-corrected chi connectivity index (χ4v) is 5.51. The summed E-state index contributed by atoms with van der Waals surface area (Å²) in [7, 11) is -4.00. The van der Waals surface area contributed by atoms with Crippen molar-refractivity contribution in [1.82, 2.24) is 13.7 Å². The van der Waals surface area contributed by atoms with Crippen LogP contribution in [0.2, 0.25) is 0 Å². The van der Waals surface area contributed by atoms with Gasteiger partial charge in [0.2, 0.25) is 0 Å². The molecule has 6 nitrogen and oxygen atoms in total. The summed E-state index contributed by atoms with van der Waals surface area (Å²) in [4.78, 5) is 3.91. The molecule has 164 valence electrons. The third kappa shape index (κ3) is 3.29. The third-order valence-corrected chi connectivity index (χ3v) is 7.53. The van der Waals surface area contributed by atoms with E-state index in [1.54, 1.807) is 0 Å². The van der Waals surface area contributed by atoms with Crippen molar-refractivity contribution >= 4 is 21.7 Å².